The highest BCUT2D eigenvalue weighted by Crippen LogP contribution is 2.20. The minimum absolute atomic E-state index is 0.274. The van der Waals surface area contributed by atoms with Gasteiger partial charge in [-0.15, -0.1) is 0 Å². The molecule has 2 rings (SSSR count). The Kier molecular flexibility index (Phi) is 3.88. The van der Waals surface area contributed by atoms with Crippen molar-refractivity contribution in [3.05, 3.63) is 71.8 Å². The zero-order chi connectivity index (χ0) is 13.0. The van der Waals surface area contributed by atoms with Crippen LogP contribution in [-0.4, -0.2) is 0 Å². The van der Waals surface area contributed by atoms with Gasteiger partial charge in [-0.25, -0.2) is 0 Å². The summed E-state index contributed by atoms with van der Waals surface area (Å²) < 4.78 is 23.9. The molecule has 0 spiro atoms. The van der Waals surface area contributed by atoms with E-state index in [1.54, 1.807) is 0 Å². The van der Waals surface area contributed by atoms with Crippen LogP contribution in [0.25, 0.3) is 11.1 Å². The summed E-state index contributed by atoms with van der Waals surface area (Å²) in [6, 6.07) is 15.9. The Balaban J connectivity index is 2.17. The van der Waals surface area contributed by atoms with E-state index >= 15 is 0 Å². The maximum atomic E-state index is 12.0. The molecule has 0 unspecified atom stereocenters. The number of hydrogen-bond donors (Lipinski definition) is 0. The predicted octanol–water partition coefficient (Wildman–Crippen LogP) is 4.98. The van der Waals surface area contributed by atoms with E-state index in [1.165, 1.54) is 5.56 Å². The second-order valence-corrected chi connectivity index (χ2v) is 4.26. The van der Waals surface area contributed by atoms with E-state index in [0.717, 1.165) is 22.8 Å². The second-order valence-electron chi connectivity index (χ2n) is 4.26. The summed E-state index contributed by atoms with van der Waals surface area (Å²) in [7, 11) is 0. The van der Waals surface area contributed by atoms with E-state index in [0.29, 0.717) is 0 Å². The summed E-state index contributed by atoms with van der Waals surface area (Å²) in [5, 5.41) is 0. The van der Waals surface area contributed by atoms with Crippen LogP contribution in [0.5, 0.6) is 0 Å². The molecule has 2 aromatic carbocycles. The van der Waals surface area contributed by atoms with Gasteiger partial charge in [0, 0.05) is 0 Å². The Morgan fingerprint density at radius 2 is 1.39 bits per heavy atom. The number of halogens is 2. The van der Waals surface area contributed by atoms with E-state index in [-0.39, 0.29) is 6.42 Å². The molecule has 0 N–H and O–H groups in total. The molecule has 0 aliphatic carbocycles. The molecule has 2 heteroatoms. The van der Waals surface area contributed by atoms with Crippen molar-refractivity contribution < 1.29 is 8.78 Å². The van der Waals surface area contributed by atoms with Crippen molar-refractivity contribution in [1.29, 1.82) is 0 Å². The van der Waals surface area contributed by atoms with Crippen LogP contribution in [0.15, 0.2) is 60.7 Å². The van der Waals surface area contributed by atoms with E-state index in [2.05, 4.69) is 24.3 Å². The van der Waals surface area contributed by atoms with Crippen molar-refractivity contribution in [2.75, 3.05) is 0 Å². The molecular formula is C16H14F2. The van der Waals surface area contributed by atoms with Crippen molar-refractivity contribution in [3.8, 4) is 11.1 Å². The van der Waals surface area contributed by atoms with Crippen molar-refractivity contribution >= 4 is 0 Å². The van der Waals surface area contributed by atoms with Crippen molar-refractivity contribution in [2.24, 2.45) is 0 Å². The fraction of sp³-hybridized carbons (Fsp3) is 0.125. The van der Waals surface area contributed by atoms with Gasteiger partial charge in [0.15, 0.2) is 0 Å². The number of hydrogen-bond acceptors (Lipinski definition) is 0. The third-order valence-electron chi connectivity index (χ3n) is 2.83. The Labute approximate surface area is 106 Å². The summed E-state index contributed by atoms with van der Waals surface area (Å²) in [4.78, 5) is 0. The van der Waals surface area contributed by atoms with E-state index in [4.69, 9.17) is 0 Å². The van der Waals surface area contributed by atoms with E-state index in [1.807, 2.05) is 31.2 Å². The molecule has 0 heterocycles. The Bertz CT molecular complexity index is 532. The van der Waals surface area contributed by atoms with Gasteiger partial charge in [-0.3, -0.25) is 0 Å². The van der Waals surface area contributed by atoms with Gasteiger partial charge < -0.3 is 0 Å². The van der Waals surface area contributed by atoms with Gasteiger partial charge in [0.25, 0.3) is 6.08 Å². The molecule has 0 nitrogen and oxygen atoms in total. The van der Waals surface area contributed by atoms with Gasteiger partial charge in [0.2, 0.25) is 0 Å². The van der Waals surface area contributed by atoms with Crippen molar-refractivity contribution in [2.45, 2.75) is 13.3 Å². The standard InChI is InChI=1S/C16H14F2/c1-12-2-7-14(8-3-12)15-9-4-13(5-10-15)6-11-16(17)18/h2-5,7-11H,6H2,1H3. The maximum absolute atomic E-state index is 12.0. The predicted molar refractivity (Wildman–Crippen MR) is 70.6 cm³/mol. The topological polar surface area (TPSA) is 0 Å². The number of allylic oxidation sites excluding steroid dienone is 1. The van der Waals surface area contributed by atoms with Crippen LogP contribution < -0.4 is 0 Å². The number of aryl methyl sites for hydroxylation is 1. The lowest BCUT2D eigenvalue weighted by Gasteiger charge is -2.03. The molecule has 0 bridgehead atoms. The number of benzene rings is 2. The largest absolute Gasteiger partial charge is 0.266 e. The smallest absolute Gasteiger partial charge is 0.174 e. The van der Waals surface area contributed by atoms with Gasteiger partial charge >= 0.3 is 0 Å². The van der Waals surface area contributed by atoms with Crippen LogP contribution in [0.2, 0.25) is 0 Å². The normalized spacial score (nSPS) is 10.2. The first-order valence-corrected chi connectivity index (χ1v) is 5.82. The third kappa shape index (κ3) is 3.27. The third-order valence-corrected chi connectivity index (χ3v) is 2.83. The zero-order valence-corrected chi connectivity index (χ0v) is 10.2. The molecule has 92 valence electrons. The van der Waals surface area contributed by atoms with Crippen LogP contribution in [0.4, 0.5) is 8.78 Å². The average molecular weight is 244 g/mol. The minimum atomic E-state index is -1.63. The molecule has 0 fully saturated rings. The maximum Gasteiger partial charge on any atom is 0.266 e. The van der Waals surface area contributed by atoms with Gasteiger partial charge in [-0.1, -0.05) is 54.1 Å². The summed E-state index contributed by atoms with van der Waals surface area (Å²) in [6.45, 7) is 2.05. The fourth-order valence-corrected chi connectivity index (χ4v) is 1.77. The van der Waals surface area contributed by atoms with Crippen molar-refractivity contribution in [1.82, 2.24) is 0 Å². The molecule has 0 atom stereocenters. The molecular weight excluding hydrogens is 230 g/mol. The van der Waals surface area contributed by atoms with Crippen LogP contribution in [0.3, 0.4) is 0 Å². The molecule has 2 aromatic rings. The van der Waals surface area contributed by atoms with Crippen LogP contribution in [0.1, 0.15) is 11.1 Å². The highest BCUT2D eigenvalue weighted by Gasteiger charge is 1.98. The SMILES string of the molecule is Cc1ccc(-c2ccc(CC=C(F)F)cc2)cc1. The van der Waals surface area contributed by atoms with E-state index in [9.17, 15) is 8.78 Å². The van der Waals surface area contributed by atoms with Gasteiger partial charge in [-0.2, -0.15) is 8.78 Å². The average Bonchev–Trinajstić information content (AvgIpc) is 2.38. The first-order chi connectivity index (χ1) is 8.65. The molecule has 0 aromatic heterocycles. The van der Waals surface area contributed by atoms with E-state index < -0.39 is 6.08 Å². The lowest BCUT2D eigenvalue weighted by molar-refractivity contribution is 0.418. The molecule has 0 aliphatic heterocycles. The second kappa shape index (κ2) is 5.58. The zero-order valence-electron chi connectivity index (χ0n) is 10.2. The minimum Gasteiger partial charge on any atom is -0.174 e. The lowest BCUT2D eigenvalue weighted by Crippen LogP contribution is -1.83. The van der Waals surface area contributed by atoms with Gasteiger partial charge in [-0.05, 0) is 36.1 Å². The van der Waals surface area contributed by atoms with Crippen LogP contribution >= 0.6 is 0 Å². The van der Waals surface area contributed by atoms with Crippen molar-refractivity contribution in [3.63, 3.8) is 0 Å². The summed E-state index contributed by atoms with van der Waals surface area (Å²) in [5.41, 5.74) is 4.35. The summed E-state index contributed by atoms with van der Waals surface area (Å²) in [6.07, 6.45) is -0.421. The molecule has 0 radical (unpaired) electrons. The molecule has 18 heavy (non-hydrogen) atoms. The van der Waals surface area contributed by atoms with Crippen LogP contribution in [0, 0.1) is 6.92 Å². The molecule has 0 aliphatic rings. The summed E-state index contributed by atoms with van der Waals surface area (Å²) >= 11 is 0. The Morgan fingerprint density at radius 1 is 0.889 bits per heavy atom. The number of rotatable bonds is 3. The first-order valence-electron chi connectivity index (χ1n) is 5.82. The van der Waals surface area contributed by atoms with Gasteiger partial charge in [0.05, 0.1) is 0 Å². The Morgan fingerprint density at radius 3 is 1.89 bits per heavy atom. The summed E-state index contributed by atoms with van der Waals surface area (Å²) in [5.74, 6) is 0. The fourth-order valence-electron chi connectivity index (χ4n) is 1.77. The molecule has 0 saturated carbocycles. The van der Waals surface area contributed by atoms with Crippen LogP contribution in [-0.2, 0) is 6.42 Å². The lowest BCUT2D eigenvalue weighted by atomic mass is 10.0. The molecule has 0 saturated heterocycles. The monoisotopic (exact) mass is 244 g/mol. The molecule has 0 amide bonds. The first kappa shape index (κ1) is 12.5. The van der Waals surface area contributed by atoms with Gasteiger partial charge in [0.1, 0.15) is 0 Å². The highest BCUT2D eigenvalue weighted by molar-refractivity contribution is 5.63. The Hall–Kier alpha value is -1.96. The highest BCUT2D eigenvalue weighted by atomic mass is 19.3. The quantitative estimate of drug-likeness (QED) is 0.714.